The van der Waals surface area contributed by atoms with Gasteiger partial charge in [0.2, 0.25) is 0 Å². The van der Waals surface area contributed by atoms with E-state index >= 15 is 0 Å². The minimum absolute atomic E-state index is 0.852. The second-order valence-corrected chi connectivity index (χ2v) is 4.90. The van der Waals surface area contributed by atoms with E-state index in [9.17, 15) is 0 Å². The monoisotopic (exact) mass is 204 g/mol. The highest BCUT2D eigenvalue weighted by molar-refractivity contribution is 5.17. The summed E-state index contributed by atoms with van der Waals surface area (Å²) >= 11 is 0. The predicted molar refractivity (Wildman–Crippen MR) is 62.6 cm³/mol. The average Bonchev–Trinajstić information content (AvgIpc) is 2.77. The normalized spacial score (nSPS) is 31.6. The fourth-order valence-corrected chi connectivity index (χ4v) is 3.11. The Morgan fingerprint density at radius 3 is 3.07 bits per heavy atom. The second-order valence-electron chi connectivity index (χ2n) is 4.90. The van der Waals surface area contributed by atoms with Crippen LogP contribution in [-0.2, 0) is 0 Å². The highest BCUT2D eigenvalue weighted by atomic mass is 15.3. The van der Waals surface area contributed by atoms with Crippen LogP contribution in [0.25, 0.3) is 0 Å². The van der Waals surface area contributed by atoms with Crippen LogP contribution in [0, 0.1) is 0 Å². The van der Waals surface area contributed by atoms with Crippen molar-refractivity contribution in [1.82, 2.24) is 9.80 Å². The molecule has 0 aromatic carbocycles. The summed E-state index contributed by atoms with van der Waals surface area (Å²) in [5.41, 5.74) is 1.57. The van der Waals surface area contributed by atoms with Crippen molar-refractivity contribution in [3.8, 4) is 0 Å². The molecule has 0 aromatic rings. The molecule has 2 heterocycles. The highest BCUT2D eigenvalue weighted by Gasteiger charge is 2.30. The molecule has 3 rings (SSSR count). The molecule has 0 radical (unpaired) electrons. The fraction of sp³-hybridized carbons (Fsp3) is 0.692. The van der Waals surface area contributed by atoms with Gasteiger partial charge in [0.1, 0.15) is 0 Å². The molecule has 2 saturated heterocycles. The van der Waals surface area contributed by atoms with E-state index in [-0.39, 0.29) is 0 Å². The van der Waals surface area contributed by atoms with Gasteiger partial charge in [0, 0.05) is 31.4 Å². The van der Waals surface area contributed by atoms with Crippen LogP contribution >= 0.6 is 0 Å². The van der Waals surface area contributed by atoms with Crippen molar-refractivity contribution in [2.75, 3.05) is 26.2 Å². The third-order valence-corrected chi connectivity index (χ3v) is 3.99. The Labute approximate surface area is 92.2 Å². The van der Waals surface area contributed by atoms with Gasteiger partial charge >= 0.3 is 0 Å². The molecule has 2 aliphatic heterocycles. The van der Waals surface area contributed by atoms with E-state index in [4.69, 9.17) is 0 Å². The Hall–Kier alpha value is -0.760. The number of hydrogen-bond acceptors (Lipinski definition) is 2. The molecule has 2 heteroatoms. The molecule has 0 N–H and O–H groups in total. The zero-order valence-electron chi connectivity index (χ0n) is 9.36. The lowest BCUT2D eigenvalue weighted by molar-refractivity contribution is 0.126. The fourth-order valence-electron chi connectivity index (χ4n) is 3.11. The molecule has 0 amide bonds. The third-order valence-electron chi connectivity index (χ3n) is 3.99. The third kappa shape index (κ3) is 1.83. The van der Waals surface area contributed by atoms with Gasteiger partial charge in [-0.15, -0.1) is 0 Å². The van der Waals surface area contributed by atoms with Gasteiger partial charge in [-0.25, -0.2) is 0 Å². The number of hydrogen-bond donors (Lipinski definition) is 0. The lowest BCUT2D eigenvalue weighted by atomic mass is 10.1. The lowest BCUT2D eigenvalue weighted by Crippen LogP contribution is -2.49. The van der Waals surface area contributed by atoms with Crippen LogP contribution < -0.4 is 0 Å². The number of nitrogens with zero attached hydrogens (tertiary/aromatic N) is 2. The molecule has 15 heavy (non-hydrogen) atoms. The topological polar surface area (TPSA) is 6.48 Å². The highest BCUT2D eigenvalue weighted by Crippen LogP contribution is 2.25. The number of allylic oxidation sites excluding steroid dienone is 4. The lowest BCUT2D eigenvalue weighted by Gasteiger charge is -2.40. The van der Waals surface area contributed by atoms with Gasteiger partial charge < -0.3 is 4.90 Å². The molecule has 0 unspecified atom stereocenters. The van der Waals surface area contributed by atoms with Crippen molar-refractivity contribution >= 4 is 0 Å². The van der Waals surface area contributed by atoms with Gasteiger partial charge in [-0.05, 0) is 38.3 Å². The van der Waals surface area contributed by atoms with Crippen LogP contribution in [0.15, 0.2) is 23.9 Å². The number of rotatable bonds is 1. The first-order valence-electron chi connectivity index (χ1n) is 6.28. The zero-order chi connectivity index (χ0) is 10.1. The van der Waals surface area contributed by atoms with E-state index in [0.29, 0.717) is 0 Å². The van der Waals surface area contributed by atoms with Gasteiger partial charge in [0.05, 0.1) is 0 Å². The Kier molecular flexibility index (Phi) is 2.53. The molecule has 1 atom stereocenters. The van der Waals surface area contributed by atoms with Crippen molar-refractivity contribution in [1.29, 1.82) is 0 Å². The Morgan fingerprint density at radius 2 is 2.20 bits per heavy atom. The van der Waals surface area contributed by atoms with Gasteiger partial charge in [-0.2, -0.15) is 0 Å². The summed E-state index contributed by atoms with van der Waals surface area (Å²) in [6.07, 6.45) is 12.1. The molecule has 2 fully saturated rings. The maximum Gasteiger partial charge on any atom is 0.0331 e. The first kappa shape index (κ1) is 9.46. The summed E-state index contributed by atoms with van der Waals surface area (Å²) < 4.78 is 0. The average molecular weight is 204 g/mol. The summed E-state index contributed by atoms with van der Waals surface area (Å²) in [6.45, 7) is 5.15. The summed E-state index contributed by atoms with van der Waals surface area (Å²) in [4.78, 5) is 5.30. The molecule has 2 nitrogen and oxygen atoms in total. The zero-order valence-corrected chi connectivity index (χ0v) is 9.36. The van der Waals surface area contributed by atoms with Crippen LogP contribution in [0.5, 0.6) is 0 Å². The Morgan fingerprint density at radius 1 is 1.20 bits per heavy atom. The van der Waals surface area contributed by atoms with Crippen molar-refractivity contribution in [3.05, 3.63) is 23.9 Å². The summed E-state index contributed by atoms with van der Waals surface area (Å²) in [5.74, 6) is 0. The second kappa shape index (κ2) is 4.01. The summed E-state index contributed by atoms with van der Waals surface area (Å²) in [7, 11) is 0. The molecule has 0 bridgehead atoms. The van der Waals surface area contributed by atoms with Crippen molar-refractivity contribution in [3.63, 3.8) is 0 Å². The molecule has 3 aliphatic rings. The van der Waals surface area contributed by atoms with Crippen LogP contribution in [-0.4, -0.2) is 42.0 Å². The van der Waals surface area contributed by atoms with Gasteiger partial charge in [0.25, 0.3) is 0 Å². The maximum absolute atomic E-state index is 2.68. The molecule has 1 aliphatic carbocycles. The first-order valence-corrected chi connectivity index (χ1v) is 6.28. The van der Waals surface area contributed by atoms with Gasteiger partial charge in [0.15, 0.2) is 0 Å². The minimum Gasteiger partial charge on any atom is -0.372 e. The molecule has 0 aromatic heterocycles. The van der Waals surface area contributed by atoms with Gasteiger partial charge in [-0.3, -0.25) is 4.90 Å². The maximum atomic E-state index is 2.68. The summed E-state index contributed by atoms with van der Waals surface area (Å²) in [5, 5.41) is 0. The van der Waals surface area contributed by atoms with Crippen LogP contribution in [0.2, 0.25) is 0 Å². The molecular formula is C13H20N2. The van der Waals surface area contributed by atoms with E-state index in [2.05, 4.69) is 28.0 Å². The molecule has 82 valence electrons. The van der Waals surface area contributed by atoms with Crippen molar-refractivity contribution in [2.45, 2.75) is 31.7 Å². The van der Waals surface area contributed by atoms with E-state index in [1.54, 1.807) is 5.70 Å². The van der Waals surface area contributed by atoms with E-state index < -0.39 is 0 Å². The SMILES string of the molecule is C1=CCCC(N2CCN3CCC[C@@H]3C2)=C1. The Balaban J connectivity index is 1.68. The molecular weight excluding hydrogens is 184 g/mol. The van der Waals surface area contributed by atoms with Crippen molar-refractivity contribution < 1.29 is 0 Å². The summed E-state index contributed by atoms with van der Waals surface area (Å²) in [6, 6.07) is 0.852. The van der Waals surface area contributed by atoms with Crippen molar-refractivity contribution in [2.24, 2.45) is 0 Å². The van der Waals surface area contributed by atoms with Crippen LogP contribution in [0.3, 0.4) is 0 Å². The number of piperazine rings is 1. The predicted octanol–water partition coefficient (Wildman–Crippen LogP) is 2.00. The standard InChI is InChI=1S/C13H20N2/c1-2-5-12(6-3-1)15-10-9-14-8-4-7-13(14)11-15/h1-2,5,13H,3-4,6-11H2/t13-/m1/s1. The molecule has 0 spiro atoms. The number of fused-ring (bicyclic) bond motifs is 1. The van der Waals surface area contributed by atoms with Gasteiger partial charge in [-0.1, -0.05) is 12.2 Å². The van der Waals surface area contributed by atoms with E-state index in [0.717, 1.165) is 6.04 Å². The quantitative estimate of drug-likeness (QED) is 0.644. The van der Waals surface area contributed by atoms with E-state index in [1.165, 1.54) is 51.9 Å². The van der Waals surface area contributed by atoms with Crippen LogP contribution in [0.1, 0.15) is 25.7 Å². The smallest absolute Gasteiger partial charge is 0.0331 e. The van der Waals surface area contributed by atoms with E-state index in [1.807, 2.05) is 0 Å². The largest absolute Gasteiger partial charge is 0.372 e. The first-order chi connectivity index (χ1) is 7.43. The minimum atomic E-state index is 0.852. The Bertz CT molecular complexity index is 293. The molecule has 0 saturated carbocycles. The van der Waals surface area contributed by atoms with Crippen LogP contribution in [0.4, 0.5) is 0 Å².